The van der Waals surface area contributed by atoms with E-state index in [-0.39, 0.29) is 17.9 Å². The number of nitrogens with two attached hydrogens (primary N) is 1. The van der Waals surface area contributed by atoms with E-state index in [1.54, 1.807) is 0 Å². The molecule has 1 aromatic rings. The number of carbonyl (C=O) groups excluding carboxylic acids is 1. The number of benzene rings is 1. The molecular weight excluding hydrogens is 252 g/mol. The van der Waals surface area contributed by atoms with Gasteiger partial charge in [0.2, 0.25) is 5.91 Å². The Bertz CT molecular complexity index is 448. The van der Waals surface area contributed by atoms with Gasteiger partial charge in [-0.15, -0.1) is 0 Å². The van der Waals surface area contributed by atoms with Crippen LogP contribution in [0.1, 0.15) is 39.0 Å². The quantitative estimate of drug-likeness (QED) is 0.831. The normalized spacial score (nSPS) is 22.9. The van der Waals surface area contributed by atoms with Gasteiger partial charge in [-0.2, -0.15) is 0 Å². The molecular formula is C16H24N2O2. The summed E-state index contributed by atoms with van der Waals surface area (Å²) in [4.78, 5) is 12.4. The largest absolute Gasteiger partial charge is 0.494 e. The van der Waals surface area contributed by atoms with E-state index < -0.39 is 0 Å². The van der Waals surface area contributed by atoms with Crippen molar-refractivity contribution < 1.29 is 9.53 Å². The van der Waals surface area contributed by atoms with E-state index in [2.05, 4.69) is 5.32 Å². The van der Waals surface area contributed by atoms with Gasteiger partial charge in [0.05, 0.1) is 12.5 Å². The Balaban J connectivity index is 2.01. The van der Waals surface area contributed by atoms with Gasteiger partial charge in [-0.05, 0) is 31.9 Å². The third-order valence-corrected chi connectivity index (χ3v) is 3.82. The van der Waals surface area contributed by atoms with Crippen LogP contribution in [0.4, 0.5) is 5.69 Å². The molecule has 0 aliphatic heterocycles. The fourth-order valence-corrected chi connectivity index (χ4v) is 2.73. The van der Waals surface area contributed by atoms with Gasteiger partial charge in [0.25, 0.3) is 0 Å². The van der Waals surface area contributed by atoms with Crippen molar-refractivity contribution in [2.24, 2.45) is 11.7 Å². The lowest BCUT2D eigenvalue weighted by Gasteiger charge is -2.20. The summed E-state index contributed by atoms with van der Waals surface area (Å²) in [6.45, 7) is 2.56. The molecule has 2 unspecified atom stereocenters. The molecule has 110 valence electrons. The van der Waals surface area contributed by atoms with Crippen LogP contribution in [0.15, 0.2) is 24.3 Å². The smallest absolute Gasteiger partial charge is 0.229 e. The highest BCUT2D eigenvalue weighted by molar-refractivity contribution is 5.93. The zero-order valence-corrected chi connectivity index (χ0v) is 12.1. The minimum absolute atomic E-state index is 0.0208. The van der Waals surface area contributed by atoms with Crippen molar-refractivity contribution in [1.82, 2.24) is 0 Å². The van der Waals surface area contributed by atoms with E-state index >= 15 is 0 Å². The monoisotopic (exact) mass is 276 g/mol. The van der Waals surface area contributed by atoms with E-state index in [9.17, 15) is 4.79 Å². The third kappa shape index (κ3) is 3.97. The molecule has 0 heterocycles. The predicted octanol–water partition coefficient (Wildman–Crippen LogP) is 2.93. The Morgan fingerprint density at radius 3 is 2.95 bits per heavy atom. The molecule has 1 fully saturated rings. The van der Waals surface area contributed by atoms with Crippen molar-refractivity contribution in [2.45, 2.75) is 45.1 Å². The molecule has 0 bridgehead atoms. The molecule has 1 amide bonds. The number of carbonyl (C=O) groups is 1. The molecule has 20 heavy (non-hydrogen) atoms. The molecule has 0 spiro atoms. The van der Waals surface area contributed by atoms with Crippen molar-refractivity contribution in [3.05, 3.63) is 24.3 Å². The Labute approximate surface area is 120 Å². The van der Waals surface area contributed by atoms with Crippen molar-refractivity contribution in [1.29, 1.82) is 0 Å². The zero-order valence-electron chi connectivity index (χ0n) is 12.1. The van der Waals surface area contributed by atoms with Crippen LogP contribution in [0.25, 0.3) is 0 Å². The molecule has 1 aliphatic carbocycles. The van der Waals surface area contributed by atoms with Crippen LogP contribution >= 0.6 is 0 Å². The van der Waals surface area contributed by atoms with Gasteiger partial charge in [-0.25, -0.2) is 0 Å². The molecule has 1 saturated carbocycles. The van der Waals surface area contributed by atoms with Gasteiger partial charge in [0.15, 0.2) is 0 Å². The Hall–Kier alpha value is -1.55. The summed E-state index contributed by atoms with van der Waals surface area (Å²) >= 11 is 0. The van der Waals surface area contributed by atoms with Crippen LogP contribution in [-0.2, 0) is 4.79 Å². The maximum atomic E-state index is 12.4. The summed E-state index contributed by atoms with van der Waals surface area (Å²) in [5, 5.41) is 2.97. The summed E-state index contributed by atoms with van der Waals surface area (Å²) in [6.07, 6.45) is 5.22. The summed E-state index contributed by atoms with van der Waals surface area (Å²) in [5.41, 5.74) is 6.90. The summed E-state index contributed by atoms with van der Waals surface area (Å²) < 4.78 is 5.44. The molecule has 2 rings (SSSR count). The highest BCUT2D eigenvalue weighted by Gasteiger charge is 2.26. The van der Waals surface area contributed by atoms with Crippen LogP contribution in [-0.4, -0.2) is 18.6 Å². The standard InChI is InChI=1S/C16H24N2O2/c1-2-20-13-8-6-7-12(11-13)18-16(19)14-9-4-3-5-10-15(14)17/h6-8,11,14-15H,2-5,9-10,17H2,1H3,(H,18,19). The maximum absolute atomic E-state index is 12.4. The third-order valence-electron chi connectivity index (χ3n) is 3.82. The van der Waals surface area contributed by atoms with Crippen molar-refractivity contribution in [3.63, 3.8) is 0 Å². The van der Waals surface area contributed by atoms with Gasteiger partial charge in [0, 0.05) is 17.8 Å². The van der Waals surface area contributed by atoms with Crippen LogP contribution in [0.2, 0.25) is 0 Å². The lowest BCUT2D eigenvalue weighted by atomic mass is 9.94. The lowest BCUT2D eigenvalue weighted by Crippen LogP contribution is -2.37. The number of nitrogens with one attached hydrogen (secondary N) is 1. The Morgan fingerprint density at radius 2 is 2.15 bits per heavy atom. The molecule has 3 N–H and O–H groups in total. The van der Waals surface area contributed by atoms with E-state index in [1.807, 2.05) is 31.2 Å². The maximum Gasteiger partial charge on any atom is 0.229 e. The van der Waals surface area contributed by atoms with Crippen LogP contribution in [0.3, 0.4) is 0 Å². The molecule has 0 saturated heterocycles. The van der Waals surface area contributed by atoms with Gasteiger partial charge in [0.1, 0.15) is 5.75 Å². The second-order valence-electron chi connectivity index (χ2n) is 5.36. The number of amides is 1. The Morgan fingerprint density at radius 1 is 1.35 bits per heavy atom. The van der Waals surface area contributed by atoms with Gasteiger partial charge in [-0.1, -0.05) is 25.3 Å². The van der Waals surface area contributed by atoms with E-state index in [4.69, 9.17) is 10.5 Å². The van der Waals surface area contributed by atoms with Crippen LogP contribution in [0.5, 0.6) is 5.75 Å². The van der Waals surface area contributed by atoms with Crippen molar-refractivity contribution in [3.8, 4) is 5.75 Å². The highest BCUT2D eigenvalue weighted by Crippen LogP contribution is 2.24. The van der Waals surface area contributed by atoms with E-state index in [1.165, 1.54) is 6.42 Å². The zero-order chi connectivity index (χ0) is 14.4. The fourth-order valence-electron chi connectivity index (χ4n) is 2.73. The first-order chi connectivity index (χ1) is 9.70. The van der Waals surface area contributed by atoms with Crippen molar-refractivity contribution >= 4 is 11.6 Å². The number of hydrogen-bond acceptors (Lipinski definition) is 3. The van der Waals surface area contributed by atoms with Crippen LogP contribution < -0.4 is 15.8 Å². The van der Waals surface area contributed by atoms with Crippen LogP contribution in [0, 0.1) is 5.92 Å². The Kier molecular flexibility index (Phi) is 5.41. The molecule has 4 nitrogen and oxygen atoms in total. The topological polar surface area (TPSA) is 64.3 Å². The second kappa shape index (κ2) is 7.29. The molecule has 1 aromatic carbocycles. The SMILES string of the molecule is CCOc1cccc(NC(=O)C2CCCCCC2N)c1. The molecule has 0 aromatic heterocycles. The first-order valence-corrected chi connectivity index (χ1v) is 7.50. The van der Waals surface area contributed by atoms with E-state index in [0.29, 0.717) is 6.61 Å². The van der Waals surface area contributed by atoms with Crippen molar-refractivity contribution in [2.75, 3.05) is 11.9 Å². The molecule has 2 atom stereocenters. The number of ether oxygens (including phenoxy) is 1. The lowest BCUT2D eigenvalue weighted by molar-refractivity contribution is -0.120. The molecule has 0 radical (unpaired) electrons. The molecule has 4 heteroatoms. The minimum atomic E-state index is -0.0757. The highest BCUT2D eigenvalue weighted by atomic mass is 16.5. The second-order valence-corrected chi connectivity index (χ2v) is 5.36. The summed E-state index contributed by atoms with van der Waals surface area (Å²) in [6, 6.07) is 7.48. The average Bonchev–Trinajstić information content (AvgIpc) is 2.64. The molecule has 1 aliphatic rings. The minimum Gasteiger partial charge on any atom is -0.494 e. The first kappa shape index (κ1) is 14.9. The summed E-state index contributed by atoms with van der Waals surface area (Å²) in [5.74, 6) is 0.733. The number of hydrogen-bond donors (Lipinski definition) is 2. The van der Waals surface area contributed by atoms with Gasteiger partial charge >= 0.3 is 0 Å². The first-order valence-electron chi connectivity index (χ1n) is 7.50. The fraction of sp³-hybridized carbons (Fsp3) is 0.562. The summed E-state index contributed by atoms with van der Waals surface area (Å²) in [7, 11) is 0. The average molecular weight is 276 g/mol. The predicted molar refractivity (Wildman–Crippen MR) is 80.8 cm³/mol. The van der Waals surface area contributed by atoms with Gasteiger partial charge < -0.3 is 15.8 Å². The number of rotatable bonds is 4. The number of anilines is 1. The van der Waals surface area contributed by atoms with E-state index in [0.717, 1.165) is 37.1 Å². The van der Waals surface area contributed by atoms with Gasteiger partial charge in [-0.3, -0.25) is 4.79 Å².